The Bertz CT molecular complexity index is 442. The highest BCUT2D eigenvalue weighted by atomic mass is 16.2. The molecule has 2 rings (SSSR count). The lowest BCUT2D eigenvalue weighted by atomic mass is 9.97. The summed E-state index contributed by atoms with van der Waals surface area (Å²) in [5.41, 5.74) is 2.30. The molecule has 0 aliphatic carbocycles. The Labute approximate surface area is 108 Å². The minimum absolute atomic E-state index is 0.0552. The van der Waals surface area contributed by atoms with E-state index in [2.05, 4.69) is 29.3 Å². The molecule has 2 heterocycles. The van der Waals surface area contributed by atoms with Crippen molar-refractivity contribution in [3.05, 3.63) is 30.1 Å². The van der Waals surface area contributed by atoms with E-state index >= 15 is 0 Å². The second kappa shape index (κ2) is 5.38. The van der Waals surface area contributed by atoms with Crippen molar-refractivity contribution in [1.29, 1.82) is 0 Å². The summed E-state index contributed by atoms with van der Waals surface area (Å²) in [5.74, 6) is 0.677. The lowest BCUT2D eigenvalue weighted by Gasteiger charge is -2.31. The Balaban J connectivity index is 1.89. The van der Waals surface area contributed by atoms with Gasteiger partial charge in [-0.25, -0.2) is 0 Å². The van der Waals surface area contributed by atoms with Crippen molar-refractivity contribution in [3.63, 3.8) is 0 Å². The molecule has 98 valence electrons. The van der Waals surface area contributed by atoms with Gasteiger partial charge in [0.15, 0.2) is 0 Å². The van der Waals surface area contributed by atoms with Gasteiger partial charge in [-0.1, -0.05) is 6.58 Å². The van der Waals surface area contributed by atoms with E-state index in [-0.39, 0.29) is 5.91 Å². The van der Waals surface area contributed by atoms with Crippen molar-refractivity contribution in [2.24, 2.45) is 5.92 Å². The summed E-state index contributed by atoms with van der Waals surface area (Å²) in [6.07, 6.45) is 3.51. The third-order valence-electron chi connectivity index (χ3n) is 3.64. The van der Waals surface area contributed by atoms with Gasteiger partial charge in [-0.3, -0.25) is 9.48 Å². The Kier molecular flexibility index (Phi) is 3.84. The Morgan fingerprint density at radius 1 is 1.50 bits per heavy atom. The van der Waals surface area contributed by atoms with Crippen molar-refractivity contribution >= 4 is 5.91 Å². The number of carbonyl (C=O) groups excluding carboxylic acids is 1. The third kappa shape index (κ3) is 2.81. The SMILES string of the molecule is C=CC(=O)N1CCC(Cn2nc(C)cc2C)CC1. The molecule has 0 spiro atoms. The van der Waals surface area contributed by atoms with Gasteiger partial charge in [-0.15, -0.1) is 0 Å². The van der Waals surface area contributed by atoms with Crippen LogP contribution >= 0.6 is 0 Å². The molecule has 0 N–H and O–H groups in total. The summed E-state index contributed by atoms with van der Waals surface area (Å²) in [6.45, 7) is 10.3. The summed E-state index contributed by atoms with van der Waals surface area (Å²) < 4.78 is 2.09. The maximum absolute atomic E-state index is 11.5. The zero-order valence-corrected chi connectivity index (χ0v) is 11.2. The molecule has 0 bridgehead atoms. The van der Waals surface area contributed by atoms with Crippen molar-refractivity contribution < 1.29 is 4.79 Å². The Morgan fingerprint density at radius 2 is 2.17 bits per heavy atom. The van der Waals surface area contributed by atoms with E-state index < -0.39 is 0 Å². The van der Waals surface area contributed by atoms with Crippen LogP contribution in [0.3, 0.4) is 0 Å². The number of aryl methyl sites for hydroxylation is 2. The standard InChI is InChI=1S/C14H21N3O/c1-4-14(18)16-7-5-13(6-8-16)10-17-12(3)9-11(2)15-17/h4,9,13H,1,5-8,10H2,2-3H3. The quantitative estimate of drug-likeness (QED) is 0.765. The van der Waals surface area contributed by atoms with Crippen LogP contribution in [0.4, 0.5) is 0 Å². The molecule has 1 aliphatic rings. The molecular weight excluding hydrogens is 226 g/mol. The fourth-order valence-electron chi connectivity index (χ4n) is 2.57. The molecule has 1 aromatic heterocycles. The van der Waals surface area contributed by atoms with Gasteiger partial charge >= 0.3 is 0 Å². The zero-order chi connectivity index (χ0) is 13.1. The fourth-order valence-corrected chi connectivity index (χ4v) is 2.57. The first kappa shape index (κ1) is 12.9. The number of hydrogen-bond acceptors (Lipinski definition) is 2. The van der Waals surface area contributed by atoms with E-state index in [9.17, 15) is 4.79 Å². The Morgan fingerprint density at radius 3 is 2.67 bits per heavy atom. The molecule has 4 heteroatoms. The first-order chi connectivity index (χ1) is 8.60. The summed E-state index contributed by atoms with van der Waals surface area (Å²) in [7, 11) is 0. The molecule has 0 aromatic carbocycles. The van der Waals surface area contributed by atoms with Crippen LogP contribution in [-0.2, 0) is 11.3 Å². The largest absolute Gasteiger partial charge is 0.339 e. The van der Waals surface area contributed by atoms with E-state index in [1.807, 2.05) is 11.8 Å². The zero-order valence-electron chi connectivity index (χ0n) is 11.2. The molecule has 18 heavy (non-hydrogen) atoms. The van der Waals surface area contributed by atoms with Crippen LogP contribution in [0, 0.1) is 19.8 Å². The first-order valence-corrected chi connectivity index (χ1v) is 6.52. The maximum Gasteiger partial charge on any atom is 0.245 e. The number of likely N-dealkylation sites (tertiary alicyclic amines) is 1. The van der Waals surface area contributed by atoms with Gasteiger partial charge in [-0.2, -0.15) is 5.10 Å². The van der Waals surface area contributed by atoms with E-state index in [0.29, 0.717) is 5.92 Å². The predicted octanol–water partition coefficient (Wildman–Crippen LogP) is 1.92. The molecule has 0 unspecified atom stereocenters. The highest BCUT2D eigenvalue weighted by molar-refractivity contribution is 5.87. The lowest BCUT2D eigenvalue weighted by molar-refractivity contribution is -0.127. The third-order valence-corrected chi connectivity index (χ3v) is 3.64. The molecule has 1 saturated heterocycles. The van der Waals surface area contributed by atoms with Crippen LogP contribution in [0.25, 0.3) is 0 Å². The highest BCUT2D eigenvalue weighted by Crippen LogP contribution is 2.20. The summed E-state index contributed by atoms with van der Waals surface area (Å²) in [5, 5.41) is 4.49. The summed E-state index contributed by atoms with van der Waals surface area (Å²) >= 11 is 0. The van der Waals surface area contributed by atoms with Gasteiger partial charge < -0.3 is 4.90 Å². The number of nitrogens with zero attached hydrogens (tertiary/aromatic N) is 3. The minimum atomic E-state index is 0.0552. The lowest BCUT2D eigenvalue weighted by Crippen LogP contribution is -2.38. The maximum atomic E-state index is 11.5. The molecular formula is C14H21N3O. The molecule has 1 aliphatic heterocycles. The van der Waals surface area contributed by atoms with Gasteiger partial charge in [0.1, 0.15) is 0 Å². The van der Waals surface area contributed by atoms with E-state index in [1.165, 1.54) is 11.8 Å². The van der Waals surface area contributed by atoms with Crippen LogP contribution in [-0.4, -0.2) is 33.7 Å². The molecule has 0 atom stereocenters. The molecule has 1 amide bonds. The number of hydrogen-bond donors (Lipinski definition) is 0. The molecule has 1 aromatic rings. The van der Waals surface area contributed by atoms with Gasteiger partial charge in [0, 0.05) is 25.3 Å². The van der Waals surface area contributed by atoms with Crippen LogP contribution in [0.2, 0.25) is 0 Å². The highest BCUT2D eigenvalue weighted by Gasteiger charge is 2.22. The van der Waals surface area contributed by atoms with Crippen molar-refractivity contribution in [2.75, 3.05) is 13.1 Å². The average Bonchev–Trinajstić information content (AvgIpc) is 2.68. The van der Waals surface area contributed by atoms with Crippen LogP contribution in [0.5, 0.6) is 0 Å². The fraction of sp³-hybridized carbons (Fsp3) is 0.571. The van der Waals surface area contributed by atoms with Crippen molar-refractivity contribution in [2.45, 2.75) is 33.2 Å². The van der Waals surface area contributed by atoms with Gasteiger partial charge in [0.2, 0.25) is 5.91 Å². The summed E-state index contributed by atoms with van der Waals surface area (Å²) in [4.78, 5) is 13.4. The smallest absolute Gasteiger partial charge is 0.245 e. The number of amides is 1. The number of piperidine rings is 1. The first-order valence-electron chi connectivity index (χ1n) is 6.52. The normalized spacial score (nSPS) is 16.9. The molecule has 0 saturated carbocycles. The topological polar surface area (TPSA) is 38.1 Å². The van der Waals surface area contributed by atoms with Crippen LogP contribution in [0.15, 0.2) is 18.7 Å². The second-order valence-corrected chi connectivity index (χ2v) is 5.08. The Hall–Kier alpha value is -1.58. The van der Waals surface area contributed by atoms with E-state index in [4.69, 9.17) is 0 Å². The summed E-state index contributed by atoms with van der Waals surface area (Å²) in [6, 6.07) is 2.11. The molecule has 4 nitrogen and oxygen atoms in total. The van der Waals surface area contributed by atoms with Gasteiger partial charge in [0.25, 0.3) is 0 Å². The monoisotopic (exact) mass is 247 g/mol. The number of aromatic nitrogens is 2. The average molecular weight is 247 g/mol. The second-order valence-electron chi connectivity index (χ2n) is 5.08. The molecule has 1 fully saturated rings. The predicted molar refractivity (Wildman–Crippen MR) is 71.2 cm³/mol. The van der Waals surface area contributed by atoms with Gasteiger partial charge in [-0.05, 0) is 44.7 Å². The van der Waals surface area contributed by atoms with Crippen molar-refractivity contribution in [3.8, 4) is 0 Å². The molecule has 0 radical (unpaired) electrons. The van der Waals surface area contributed by atoms with E-state index in [1.54, 1.807) is 0 Å². The van der Waals surface area contributed by atoms with E-state index in [0.717, 1.165) is 38.2 Å². The number of rotatable bonds is 3. The number of carbonyl (C=O) groups is 1. The minimum Gasteiger partial charge on any atom is -0.339 e. The van der Waals surface area contributed by atoms with Crippen LogP contribution in [0.1, 0.15) is 24.2 Å². The van der Waals surface area contributed by atoms with Crippen LogP contribution < -0.4 is 0 Å². The van der Waals surface area contributed by atoms with Crippen molar-refractivity contribution in [1.82, 2.24) is 14.7 Å². The van der Waals surface area contributed by atoms with Gasteiger partial charge in [0.05, 0.1) is 5.69 Å².